The van der Waals surface area contributed by atoms with E-state index in [-0.39, 0.29) is 29.7 Å². The van der Waals surface area contributed by atoms with Gasteiger partial charge in [0.1, 0.15) is 4.84 Å². The Bertz CT molecular complexity index is 204. The van der Waals surface area contributed by atoms with Gasteiger partial charge >= 0.3 is 5.97 Å². The van der Waals surface area contributed by atoms with Crippen LogP contribution >= 0.6 is 35.6 Å². The lowest BCUT2D eigenvalue weighted by Gasteiger charge is -2.01. The summed E-state index contributed by atoms with van der Waals surface area (Å²) in [6.07, 6.45) is 0.576. The lowest BCUT2D eigenvalue weighted by Crippen LogP contribution is -2.03. The Morgan fingerprint density at radius 3 is 2.23 bits per heavy atom. The van der Waals surface area contributed by atoms with Crippen molar-refractivity contribution < 1.29 is 9.90 Å². The monoisotopic (exact) mass is 246 g/mol. The molecule has 1 aliphatic rings. The van der Waals surface area contributed by atoms with E-state index in [9.17, 15) is 4.79 Å². The zero-order valence-electron chi connectivity index (χ0n) is 7.46. The first-order chi connectivity index (χ1) is 5.37. The maximum absolute atomic E-state index is 10.7. The number of carboxylic acids is 1. The minimum Gasteiger partial charge on any atom is -0.481 e. The molecule has 5 heteroatoms. The van der Waals surface area contributed by atoms with Crippen LogP contribution in [0.5, 0.6) is 0 Å². The van der Waals surface area contributed by atoms with Gasteiger partial charge in [0, 0.05) is 0 Å². The van der Waals surface area contributed by atoms with E-state index >= 15 is 0 Å². The smallest absolute Gasteiger partial charge is 0.307 e. The van der Waals surface area contributed by atoms with Crippen LogP contribution in [0.25, 0.3) is 0 Å². The minimum absolute atomic E-state index is 0. The molecule has 2 unspecified atom stereocenters. The molecule has 1 aliphatic carbocycles. The largest absolute Gasteiger partial charge is 0.481 e. The first-order valence-corrected chi connectivity index (χ1v) is 4.75. The Morgan fingerprint density at radius 1 is 1.54 bits per heavy atom. The number of alkyl halides is 2. The predicted molar refractivity (Wildman–Crippen MR) is 55.8 cm³/mol. The van der Waals surface area contributed by atoms with Crippen molar-refractivity contribution in [2.24, 2.45) is 17.3 Å². The van der Waals surface area contributed by atoms with Crippen molar-refractivity contribution in [3.05, 3.63) is 0 Å². The molecule has 2 nitrogen and oxygen atoms in total. The second-order valence-electron chi connectivity index (χ2n) is 3.87. The van der Waals surface area contributed by atoms with E-state index in [0.29, 0.717) is 6.42 Å². The molecule has 2 atom stereocenters. The van der Waals surface area contributed by atoms with E-state index in [1.54, 1.807) is 0 Å². The molecular weight excluding hydrogens is 234 g/mol. The molecule has 0 saturated heterocycles. The van der Waals surface area contributed by atoms with Crippen molar-refractivity contribution in [3.8, 4) is 0 Å². The molecule has 1 N–H and O–H groups in total. The molecule has 0 bridgehead atoms. The molecule has 0 radical (unpaired) electrons. The van der Waals surface area contributed by atoms with Gasteiger partial charge in [-0.2, -0.15) is 0 Å². The molecule has 0 amide bonds. The summed E-state index contributed by atoms with van der Waals surface area (Å²) in [6, 6.07) is 0. The highest BCUT2D eigenvalue weighted by Crippen LogP contribution is 2.60. The van der Waals surface area contributed by atoms with Gasteiger partial charge in [-0.3, -0.25) is 4.79 Å². The normalized spacial score (nSPS) is 29.6. The van der Waals surface area contributed by atoms with Gasteiger partial charge in [0.05, 0.1) is 5.92 Å². The fourth-order valence-corrected chi connectivity index (χ4v) is 2.25. The van der Waals surface area contributed by atoms with Crippen molar-refractivity contribution in [3.63, 3.8) is 0 Å². The van der Waals surface area contributed by atoms with Crippen molar-refractivity contribution in [2.45, 2.75) is 25.1 Å². The third-order valence-electron chi connectivity index (χ3n) is 2.75. The van der Waals surface area contributed by atoms with Gasteiger partial charge in [-0.05, 0) is 17.8 Å². The molecule has 78 valence electrons. The molecule has 1 fully saturated rings. The average Bonchev–Trinajstić information content (AvgIpc) is 2.32. The SMILES string of the molecule is CC1(C)C(CC(Cl)Cl)C1C(=O)O.Cl. The van der Waals surface area contributed by atoms with Gasteiger partial charge in [-0.15, -0.1) is 35.6 Å². The third-order valence-corrected chi connectivity index (χ3v) is 3.10. The fourth-order valence-electron chi connectivity index (χ4n) is 1.87. The molecule has 1 rings (SSSR count). The lowest BCUT2D eigenvalue weighted by atomic mass is 10.1. The summed E-state index contributed by atoms with van der Waals surface area (Å²) >= 11 is 11.2. The van der Waals surface area contributed by atoms with Crippen molar-refractivity contribution >= 4 is 41.6 Å². The molecule has 13 heavy (non-hydrogen) atoms. The van der Waals surface area contributed by atoms with Crippen LogP contribution in [0.4, 0.5) is 0 Å². The van der Waals surface area contributed by atoms with E-state index in [4.69, 9.17) is 28.3 Å². The molecule has 0 aromatic rings. The number of aliphatic carboxylic acids is 1. The van der Waals surface area contributed by atoms with Gasteiger partial charge in [-0.25, -0.2) is 0 Å². The van der Waals surface area contributed by atoms with Crippen LogP contribution in [0.2, 0.25) is 0 Å². The summed E-state index contributed by atoms with van der Waals surface area (Å²) in [7, 11) is 0. The summed E-state index contributed by atoms with van der Waals surface area (Å²) in [5, 5.41) is 8.79. The first kappa shape index (κ1) is 13.3. The molecule has 0 aromatic carbocycles. The molecule has 0 aliphatic heterocycles. The van der Waals surface area contributed by atoms with Crippen molar-refractivity contribution in [1.29, 1.82) is 0 Å². The van der Waals surface area contributed by atoms with Gasteiger partial charge in [0.15, 0.2) is 0 Å². The maximum Gasteiger partial charge on any atom is 0.307 e. The Hall–Kier alpha value is 0.340. The number of carbonyl (C=O) groups is 1. The maximum atomic E-state index is 10.7. The van der Waals surface area contributed by atoms with Gasteiger partial charge in [0.2, 0.25) is 0 Å². The zero-order valence-corrected chi connectivity index (χ0v) is 9.79. The van der Waals surface area contributed by atoms with E-state index < -0.39 is 10.8 Å². The standard InChI is InChI=1S/C8H12Cl2O2.ClH/c1-8(2)4(3-5(9)10)6(8)7(11)12;/h4-6H,3H2,1-2H3,(H,11,12);1H. The Kier molecular flexibility index (Phi) is 4.35. The highest BCUT2D eigenvalue weighted by Gasteiger charge is 2.61. The van der Waals surface area contributed by atoms with E-state index in [0.717, 1.165) is 0 Å². The number of rotatable bonds is 3. The minimum atomic E-state index is -0.737. The van der Waals surface area contributed by atoms with Crippen molar-refractivity contribution in [1.82, 2.24) is 0 Å². The van der Waals surface area contributed by atoms with Gasteiger partial charge in [0.25, 0.3) is 0 Å². The van der Waals surface area contributed by atoms with Crippen molar-refractivity contribution in [2.75, 3.05) is 0 Å². The summed E-state index contributed by atoms with van der Waals surface area (Å²) in [6.45, 7) is 3.87. The summed E-state index contributed by atoms with van der Waals surface area (Å²) in [4.78, 5) is 10.2. The van der Waals surface area contributed by atoms with E-state index in [2.05, 4.69) is 0 Å². The average molecular weight is 248 g/mol. The van der Waals surface area contributed by atoms with Gasteiger partial charge in [-0.1, -0.05) is 13.8 Å². The number of halogens is 3. The molecular formula is C8H13Cl3O2. The summed E-state index contributed by atoms with van der Waals surface area (Å²) < 4.78 is 0. The second kappa shape index (κ2) is 4.24. The zero-order chi connectivity index (χ0) is 9.52. The quantitative estimate of drug-likeness (QED) is 0.779. The van der Waals surface area contributed by atoms with Crippen LogP contribution in [0.3, 0.4) is 0 Å². The Labute approximate surface area is 94.0 Å². The molecule has 0 aromatic heterocycles. The van der Waals surface area contributed by atoms with Gasteiger partial charge < -0.3 is 5.11 Å². The highest BCUT2D eigenvalue weighted by molar-refractivity contribution is 6.44. The highest BCUT2D eigenvalue weighted by atomic mass is 35.5. The van der Waals surface area contributed by atoms with Crippen LogP contribution in [0, 0.1) is 17.3 Å². The van der Waals surface area contributed by atoms with E-state index in [1.807, 2.05) is 13.8 Å². The number of hydrogen-bond donors (Lipinski definition) is 1. The second-order valence-corrected chi connectivity index (χ2v) is 5.15. The number of carboxylic acid groups (broad SMARTS) is 1. The molecule has 1 saturated carbocycles. The fraction of sp³-hybridized carbons (Fsp3) is 0.875. The lowest BCUT2D eigenvalue weighted by molar-refractivity contribution is -0.139. The molecule has 0 heterocycles. The van der Waals surface area contributed by atoms with Crippen LogP contribution in [-0.4, -0.2) is 15.9 Å². The summed E-state index contributed by atoms with van der Waals surface area (Å²) in [5.41, 5.74) is -0.131. The first-order valence-electron chi connectivity index (χ1n) is 3.88. The summed E-state index contributed by atoms with van der Waals surface area (Å²) in [5.74, 6) is -0.869. The third kappa shape index (κ3) is 2.64. The van der Waals surface area contributed by atoms with Crippen LogP contribution in [0.15, 0.2) is 0 Å². The van der Waals surface area contributed by atoms with E-state index in [1.165, 1.54) is 0 Å². The molecule has 0 spiro atoms. The van der Waals surface area contributed by atoms with Crippen LogP contribution in [0.1, 0.15) is 20.3 Å². The van der Waals surface area contributed by atoms with Crippen LogP contribution in [-0.2, 0) is 4.79 Å². The topological polar surface area (TPSA) is 37.3 Å². The van der Waals surface area contributed by atoms with Crippen LogP contribution < -0.4 is 0 Å². The number of hydrogen-bond acceptors (Lipinski definition) is 1. The Morgan fingerprint density at radius 2 is 2.00 bits per heavy atom. The Balaban J connectivity index is 0.00000144. The predicted octanol–water partition coefficient (Wildman–Crippen LogP) is 2.96.